The van der Waals surface area contributed by atoms with Crippen LogP contribution in [-0.4, -0.2) is 60.3 Å². The molecule has 28 heavy (non-hydrogen) atoms. The third-order valence-electron chi connectivity index (χ3n) is 4.81. The largest absolute Gasteiger partial charge is 0.389 e. The molecule has 0 radical (unpaired) electrons. The number of thioether (sulfide) groups is 1. The number of unbranched alkanes of at least 4 members (excludes halogenated alkanes) is 3. The van der Waals surface area contributed by atoms with Crippen LogP contribution in [0, 0.1) is 0 Å². The fourth-order valence-electron chi connectivity index (χ4n) is 3.27. The molecule has 2 heterocycles. The van der Waals surface area contributed by atoms with Gasteiger partial charge in [-0.3, -0.25) is 4.79 Å². The van der Waals surface area contributed by atoms with Gasteiger partial charge in [0.15, 0.2) is 0 Å². The number of aliphatic hydroxyl groups is 1. The van der Waals surface area contributed by atoms with Gasteiger partial charge in [0.25, 0.3) is 5.24 Å². The highest BCUT2D eigenvalue weighted by atomic mass is 32.2. The molecule has 0 saturated carbocycles. The van der Waals surface area contributed by atoms with E-state index >= 15 is 0 Å². The van der Waals surface area contributed by atoms with E-state index in [-0.39, 0.29) is 11.3 Å². The minimum Gasteiger partial charge on any atom is -0.389 e. The van der Waals surface area contributed by atoms with Crippen LogP contribution in [-0.2, 0) is 12.8 Å². The molecule has 2 unspecified atom stereocenters. The number of benzene rings is 1. The smallest absolute Gasteiger partial charge is 0.282 e. The van der Waals surface area contributed by atoms with E-state index < -0.39 is 6.10 Å². The first-order valence-electron chi connectivity index (χ1n) is 9.78. The highest BCUT2D eigenvalue weighted by Crippen LogP contribution is 2.25. The Morgan fingerprint density at radius 3 is 2.86 bits per heavy atom. The Hall–Kier alpha value is -2.19. The van der Waals surface area contributed by atoms with Crippen molar-refractivity contribution in [3.8, 4) is 0 Å². The van der Waals surface area contributed by atoms with Crippen molar-refractivity contribution in [3.63, 3.8) is 0 Å². The normalized spacial score (nSPS) is 18.2. The number of hydrogen-bond donors (Lipinski definition) is 2. The first-order chi connectivity index (χ1) is 13.7. The fourth-order valence-corrected chi connectivity index (χ4v) is 4.27. The molecule has 1 amide bonds. The molecule has 2 N–H and O–H groups in total. The number of carbonyl (C=O) groups excluding carboxylic acids is 1. The van der Waals surface area contributed by atoms with Gasteiger partial charge in [-0.25, -0.2) is 5.10 Å². The van der Waals surface area contributed by atoms with Crippen LogP contribution in [0.15, 0.2) is 42.5 Å². The zero-order valence-electron chi connectivity index (χ0n) is 15.9. The third kappa shape index (κ3) is 6.45. The first kappa shape index (κ1) is 20.5. The number of aryl methyl sites for hydroxylation is 1. The molecular weight excluding hydrogens is 374 g/mol. The summed E-state index contributed by atoms with van der Waals surface area (Å²) in [6, 6.07) is 10.0. The molecule has 0 bridgehead atoms. The summed E-state index contributed by atoms with van der Waals surface area (Å²) in [6.07, 6.45) is 8.91. The summed E-state index contributed by atoms with van der Waals surface area (Å²) in [6.45, 7) is 0.763. The van der Waals surface area contributed by atoms with Crippen molar-refractivity contribution in [2.24, 2.45) is 0 Å². The van der Waals surface area contributed by atoms with E-state index in [4.69, 9.17) is 0 Å². The Bertz CT molecular complexity index is 738. The summed E-state index contributed by atoms with van der Waals surface area (Å²) in [5.41, 5.74) is 1.11. The van der Waals surface area contributed by atoms with Crippen molar-refractivity contribution >= 4 is 17.0 Å². The van der Waals surface area contributed by atoms with Crippen LogP contribution in [0.2, 0.25) is 0 Å². The maximum atomic E-state index is 12.2. The summed E-state index contributed by atoms with van der Waals surface area (Å²) < 4.78 is 0. The molecule has 1 saturated heterocycles. The minimum atomic E-state index is -0.532. The Balaban J connectivity index is 1.37. The Kier molecular flexibility index (Phi) is 8.05. The first-order valence-corrected chi connectivity index (χ1v) is 10.8. The van der Waals surface area contributed by atoms with Crippen LogP contribution in [0.4, 0.5) is 4.79 Å². The van der Waals surface area contributed by atoms with E-state index in [1.165, 1.54) is 11.8 Å². The molecule has 7 nitrogen and oxygen atoms in total. The second kappa shape index (κ2) is 11.0. The standard InChI is InChI=1S/C20H27N5O2S/c26-18(14-16-8-4-3-5-9-16)12-11-17-15-28-20(27)25(17)13-7-2-1-6-10-19-21-23-24-22-19/h3-5,8-9,11-12,17-18,26H,1-2,6-7,10,13-15H2,(H,21,22,23,24)/b12-11+. The SMILES string of the molecule is O=C1SCC(/C=C/C(O)Cc2ccccc2)N1CCCCCCc1nnn[nH]1. The van der Waals surface area contributed by atoms with E-state index in [1.54, 1.807) is 0 Å². The van der Waals surface area contributed by atoms with E-state index in [9.17, 15) is 9.90 Å². The number of aromatic amines is 1. The predicted octanol–water partition coefficient (Wildman–Crippen LogP) is 3.00. The molecule has 1 aromatic heterocycles. The van der Waals surface area contributed by atoms with Gasteiger partial charge in [0.2, 0.25) is 0 Å². The van der Waals surface area contributed by atoms with Crippen LogP contribution in [0.3, 0.4) is 0 Å². The fraction of sp³-hybridized carbons (Fsp3) is 0.500. The van der Waals surface area contributed by atoms with E-state index in [2.05, 4.69) is 20.6 Å². The molecule has 3 rings (SSSR count). The molecule has 1 aliphatic rings. The van der Waals surface area contributed by atoms with Gasteiger partial charge in [0.1, 0.15) is 5.82 Å². The number of nitrogens with zero attached hydrogens (tertiary/aromatic N) is 4. The second-order valence-corrected chi connectivity index (χ2v) is 7.96. The van der Waals surface area contributed by atoms with Crippen molar-refractivity contribution < 1.29 is 9.90 Å². The average molecular weight is 402 g/mol. The van der Waals surface area contributed by atoms with Crippen molar-refractivity contribution in [1.82, 2.24) is 25.5 Å². The lowest BCUT2D eigenvalue weighted by atomic mass is 10.1. The molecule has 2 atom stereocenters. The monoisotopic (exact) mass is 401 g/mol. The van der Waals surface area contributed by atoms with E-state index in [1.807, 2.05) is 47.4 Å². The number of aliphatic hydroxyl groups excluding tert-OH is 1. The van der Waals surface area contributed by atoms with Crippen molar-refractivity contribution in [2.75, 3.05) is 12.3 Å². The summed E-state index contributed by atoms with van der Waals surface area (Å²) >= 11 is 1.36. The Morgan fingerprint density at radius 1 is 1.25 bits per heavy atom. The number of aromatic nitrogens is 4. The summed E-state index contributed by atoms with van der Waals surface area (Å²) in [7, 11) is 0. The van der Waals surface area contributed by atoms with Gasteiger partial charge in [-0.2, -0.15) is 0 Å². The van der Waals surface area contributed by atoms with Crippen molar-refractivity contribution in [2.45, 2.75) is 50.7 Å². The molecule has 150 valence electrons. The Morgan fingerprint density at radius 2 is 2.07 bits per heavy atom. The topological polar surface area (TPSA) is 95.0 Å². The number of rotatable bonds is 11. The Labute approximate surface area is 169 Å². The zero-order valence-corrected chi connectivity index (χ0v) is 16.7. The summed E-state index contributed by atoms with van der Waals surface area (Å²) in [5.74, 6) is 1.58. The zero-order chi connectivity index (χ0) is 19.6. The van der Waals surface area contributed by atoms with Crippen molar-refractivity contribution in [1.29, 1.82) is 0 Å². The van der Waals surface area contributed by atoms with Gasteiger partial charge in [-0.15, -0.1) is 5.10 Å². The lowest BCUT2D eigenvalue weighted by Crippen LogP contribution is -2.33. The maximum Gasteiger partial charge on any atom is 0.282 e. The highest BCUT2D eigenvalue weighted by Gasteiger charge is 2.29. The molecule has 8 heteroatoms. The second-order valence-electron chi connectivity index (χ2n) is 6.99. The number of nitrogens with one attached hydrogen (secondary N) is 1. The maximum absolute atomic E-state index is 12.2. The van der Waals surface area contributed by atoms with Crippen LogP contribution in [0.1, 0.15) is 37.1 Å². The number of hydrogen-bond acceptors (Lipinski definition) is 6. The van der Waals surface area contributed by atoms with Gasteiger partial charge in [0.05, 0.1) is 12.1 Å². The molecule has 0 spiro atoms. The highest BCUT2D eigenvalue weighted by molar-refractivity contribution is 8.13. The molecule has 1 fully saturated rings. The number of tetrazole rings is 1. The number of amides is 1. The van der Waals surface area contributed by atoms with Crippen LogP contribution in [0.5, 0.6) is 0 Å². The van der Waals surface area contributed by atoms with Crippen molar-refractivity contribution in [3.05, 3.63) is 53.9 Å². The minimum absolute atomic E-state index is 0.0724. The summed E-state index contributed by atoms with van der Waals surface area (Å²) in [5, 5.41) is 24.2. The molecule has 2 aromatic rings. The number of H-pyrrole nitrogens is 1. The molecule has 0 aliphatic carbocycles. The van der Waals surface area contributed by atoms with Gasteiger partial charge in [-0.05, 0) is 28.8 Å². The summed E-state index contributed by atoms with van der Waals surface area (Å²) in [4.78, 5) is 14.1. The van der Waals surface area contributed by atoms with Gasteiger partial charge in [-0.1, -0.05) is 67.1 Å². The third-order valence-corrected chi connectivity index (χ3v) is 5.80. The lowest BCUT2D eigenvalue weighted by molar-refractivity contribution is 0.213. The van der Waals surface area contributed by atoms with Gasteiger partial charge < -0.3 is 10.0 Å². The van der Waals surface area contributed by atoms with Crippen LogP contribution in [0.25, 0.3) is 0 Å². The van der Waals surface area contributed by atoms with Crippen LogP contribution >= 0.6 is 11.8 Å². The van der Waals surface area contributed by atoms with E-state index in [0.29, 0.717) is 6.42 Å². The predicted molar refractivity (Wildman–Crippen MR) is 110 cm³/mol. The average Bonchev–Trinajstić information content (AvgIpc) is 3.34. The molecule has 1 aliphatic heterocycles. The molecular formula is C20H27N5O2S. The van der Waals surface area contributed by atoms with Gasteiger partial charge >= 0.3 is 0 Å². The van der Waals surface area contributed by atoms with Crippen LogP contribution < -0.4 is 0 Å². The quantitative estimate of drug-likeness (QED) is 0.444. The van der Waals surface area contributed by atoms with E-state index in [0.717, 1.165) is 55.8 Å². The molecule has 1 aromatic carbocycles. The lowest BCUT2D eigenvalue weighted by Gasteiger charge is -2.21. The van der Waals surface area contributed by atoms with Gasteiger partial charge in [0, 0.05) is 25.1 Å². The number of carbonyl (C=O) groups is 1.